The van der Waals surface area contributed by atoms with E-state index in [0.717, 1.165) is 16.3 Å². The number of hydrogen-bond donors (Lipinski definition) is 0. The summed E-state index contributed by atoms with van der Waals surface area (Å²) in [6.45, 7) is 2.15. The standard InChI is InChI=1S/C12H13N3O2S/c1-3-17-11(16)5-4-10-8-18-12(14-10)9-6-13-15(2)7-9/h4-8H,3H2,1-2H3/b5-4+. The fourth-order valence-corrected chi connectivity index (χ4v) is 2.13. The predicted octanol–water partition coefficient (Wildman–Crippen LogP) is 2.12. The van der Waals surface area contributed by atoms with E-state index in [4.69, 9.17) is 4.74 Å². The highest BCUT2D eigenvalue weighted by molar-refractivity contribution is 7.13. The van der Waals surface area contributed by atoms with Gasteiger partial charge >= 0.3 is 5.97 Å². The van der Waals surface area contributed by atoms with E-state index in [1.807, 2.05) is 18.6 Å². The molecule has 0 N–H and O–H groups in total. The van der Waals surface area contributed by atoms with Crippen LogP contribution in [0.2, 0.25) is 0 Å². The Hall–Kier alpha value is -1.95. The van der Waals surface area contributed by atoms with Crippen molar-refractivity contribution in [3.8, 4) is 10.6 Å². The van der Waals surface area contributed by atoms with Gasteiger partial charge in [0.1, 0.15) is 5.01 Å². The number of aromatic nitrogens is 3. The van der Waals surface area contributed by atoms with Gasteiger partial charge in [-0.1, -0.05) is 0 Å². The van der Waals surface area contributed by atoms with Crippen LogP contribution in [-0.4, -0.2) is 27.3 Å². The monoisotopic (exact) mass is 263 g/mol. The molecule has 5 nitrogen and oxygen atoms in total. The van der Waals surface area contributed by atoms with Gasteiger partial charge in [0.15, 0.2) is 0 Å². The first-order valence-electron chi connectivity index (χ1n) is 5.48. The molecule has 0 bridgehead atoms. The summed E-state index contributed by atoms with van der Waals surface area (Å²) in [5.74, 6) is -0.353. The summed E-state index contributed by atoms with van der Waals surface area (Å²) >= 11 is 1.51. The van der Waals surface area contributed by atoms with Gasteiger partial charge in [-0.05, 0) is 13.0 Å². The topological polar surface area (TPSA) is 57.0 Å². The van der Waals surface area contributed by atoms with E-state index in [0.29, 0.717) is 6.61 Å². The molecule has 0 saturated heterocycles. The molecule has 6 heteroatoms. The number of ether oxygens (including phenoxy) is 1. The molecule has 2 heterocycles. The Morgan fingerprint density at radius 3 is 3.11 bits per heavy atom. The third-order valence-corrected chi connectivity index (χ3v) is 3.06. The molecule has 0 fully saturated rings. The van der Waals surface area contributed by atoms with E-state index in [1.165, 1.54) is 17.4 Å². The Bertz CT molecular complexity index is 571. The van der Waals surface area contributed by atoms with E-state index in [9.17, 15) is 4.79 Å². The number of hydrogen-bond acceptors (Lipinski definition) is 5. The number of aryl methyl sites for hydroxylation is 1. The van der Waals surface area contributed by atoms with Gasteiger partial charge in [-0.25, -0.2) is 9.78 Å². The molecule has 0 aromatic carbocycles. The highest BCUT2D eigenvalue weighted by atomic mass is 32.1. The lowest BCUT2D eigenvalue weighted by atomic mass is 10.4. The van der Waals surface area contributed by atoms with E-state index in [1.54, 1.807) is 23.9 Å². The summed E-state index contributed by atoms with van der Waals surface area (Å²) < 4.78 is 6.52. The Morgan fingerprint density at radius 1 is 1.61 bits per heavy atom. The highest BCUT2D eigenvalue weighted by Gasteiger charge is 2.05. The van der Waals surface area contributed by atoms with Crippen molar-refractivity contribution in [3.63, 3.8) is 0 Å². The molecule has 0 amide bonds. The van der Waals surface area contributed by atoms with Crippen LogP contribution in [0.25, 0.3) is 16.6 Å². The molecule has 18 heavy (non-hydrogen) atoms. The maximum absolute atomic E-state index is 11.1. The van der Waals surface area contributed by atoms with Crippen molar-refractivity contribution < 1.29 is 9.53 Å². The number of nitrogens with zero attached hydrogens (tertiary/aromatic N) is 3. The lowest BCUT2D eigenvalue weighted by Gasteiger charge is -1.93. The Morgan fingerprint density at radius 2 is 2.44 bits per heavy atom. The van der Waals surface area contributed by atoms with Crippen molar-refractivity contribution in [2.75, 3.05) is 6.61 Å². The van der Waals surface area contributed by atoms with Gasteiger partial charge in [-0.2, -0.15) is 5.10 Å². The number of esters is 1. The SMILES string of the molecule is CCOC(=O)/C=C/c1csc(-c2cnn(C)c2)n1. The largest absolute Gasteiger partial charge is 0.463 e. The normalized spacial score (nSPS) is 11.0. The van der Waals surface area contributed by atoms with Gasteiger partial charge in [0.05, 0.1) is 18.5 Å². The summed E-state index contributed by atoms with van der Waals surface area (Å²) in [5.41, 5.74) is 1.71. The van der Waals surface area contributed by atoms with Crippen LogP contribution in [0.3, 0.4) is 0 Å². The fourth-order valence-electron chi connectivity index (χ4n) is 1.37. The van der Waals surface area contributed by atoms with Crippen molar-refractivity contribution in [1.82, 2.24) is 14.8 Å². The summed E-state index contributed by atoms with van der Waals surface area (Å²) in [6.07, 6.45) is 6.69. The first-order valence-corrected chi connectivity index (χ1v) is 6.36. The maximum atomic E-state index is 11.1. The second-order valence-corrected chi connectivity index (χ2v) is 4.42. The Balaban J connectivity index is 2.09. The van der Waals surface area contributed by atoms with Crippen molar-refractivity contribution in [3.05, 3.63) is 29.5 Å². The van der Waals surface area contributed by atoms with Crippen LogP contribution in [0, 0.1) is 0 Å². The summed E-state index contributed by atoms with van der Waals surface area (Å²) in [6, 6.07) is 0. The third kappa shape index (κ3) is 3.04. The number of carbonyl (C=O) groups is 1. The van der Waals surface area contributed by atoms with Gasteiger partial charge < -0.3 is 4.74 Å². The molecular formula is C12H13N3O2S. The van der Waals surface area contributed by atoms with Crippen LogP contribution in [0.15, 0.2) is 23.8 Å². The zero-order valence-corrected chi connectivity index (χ0v) is 11.0. The zero-order chi connectivity index (χ0) is 13.0. The molecule has 2 aromatic heterocycles. The Labute approximate surface area is 109 Å². The second-order valence-electron chi connectivity index (χ2n) is 3.57. The van der Waals surface area contributed by atoms with Crippen LogP contribution >= 0.6 is 11.3 Å². The predicted molar refractivity (Wildman–Crippen MR) is 70.0 cm³/mol. The molecule has 0 radical (unpaired) electrons. The van der Waals surface area contributed by atoms with Crippen LogP contribution < -0.4 is 0 Å². The second kappa shape index (κ2) is 5.59. The average molecular weight is 263 g/mol. The number of rotatable bonds is 4. The highest BCUT2D eigenvalue weighted by Crippen LogP contribution is 2.23. The van der Waals surface area contributed by atoms with E-state index in [-0.39, 0.29) is 5.97 Å². The molecule has 0 aliphatic heterocycles. The zero-order valence-electron chi connectivity index (χ0n) is 10.2. The van der Waals surface area contributed by atoms with Crippen LogP contribution in [0.4, 0.5) is 0 Å². The van der Waals surface area contributed by atoms with Crippen molar-refractivity contribution >= 4 is 23.4 Å². The summed E-state index contributed by atoms with van der Waals surface area (Å²) in [7, 11) is 1.86. The first-order chi connectivity index (χ1) is 8.69. The van der Waals surface area contributed by atoms with Crippen LogP contribution in [-0.2, 0) is 16.6 Å². The molecule has 94 valence electrons. The molecule has 0 aliphatic rings. The van der Waals surface area contributed by atoms with Gasteiger partial charge in [-0.3, -0.25) is 4.68 Å². The summed E-state index contributed by atoms with van der Waals surface area (Å²) in [5, 5.41) is 6.86. The molecule has 2 rings (SSSR count). The van der Waals surface area contributed by atoms with Gasteiger partial charge in [0.2, 0.25) is 0 Å². The average Bonchev–Trinajstić information content (AvgIpc) is 2.95. The molecular weight excluding hydrogens is 250 g/mol. The smallest absolute Gasteiger partial charge is 0.330 e. The molecule has 0 aliphatic carbocycles. The van der Waals surface area contributed by atoms with Crippen LogP contribution in [0.1, 0.15) is 12.6 Å². The lowest BCUT2D eigenvalue weighted by Crippen LogP contribution is -1.98. The minimum Gasteiger partial charge on any atom is -0.463 e. The quantitative estimate of drug-likeness (QED) is 0.626. The molecule has 0 unspecified atom stereocenters. The maximum Gasteiger partial charge on any atom is 0.330 e. The van der Waals surface area contributed by atoms with Crippen LogP contribution in [0.5, 0.6) is 0 Å². The molecule has 2 aromatic rings. The third-order valence-electron chi connectivity index (χ3n) is 2.15. The molecule has 0 atom stereocenters. The van der Waals surface area contributed by atoms with Gasteiger partial charge in [0, 0.05) is 30.3 Å². The minimum atomic E-state index is -0.353. The van der Waals surface area contributed by atoms with E-state index in [2.05, 4.69) is 10.1 Å². The molecule has 0 saturated carbocycles. The number of thiazole rings is 1. The van der Waals surface area contributed by atoms with E-state index < -0.39 is 0 Å². The minimum absolute atomic E-state index is 0.353. The van der Waals surface area contributed by atoms with Crippen molar-refractivity contribution in [2.24, 2.45) is 7.05 Å². The fraction of sp³-hybridized carbons (Fsp3) is 0.250. The lowest BCUT2D eigenvalue weighted by molar-refractivity contribution is -0.137. The summed E-state index contributed by atoms with van der Waals surface area (Å²) in [4.78, 5) is 15.5. The van der Waals surface area contributed by atoms with Gasteiger partial charge in [-0.15, -0.1) is 11.3 Å². The van der Waals surface area contributed by atoms with Crippen molar-refractivity contribution in [2.45, 2.75) is 6.92 Å². The van der Waals surface area contributed by atoms with E-state index >= 15 is 0 Å². The van der Waals surface area contributed by atoms with Crippen molar-refractivity contribution in [1.29, 1.82) is 0 Å². The number of carbonyl (C=O) groups excluding carboxylic acids is 1. The molecule has 0 spiro atoms. The first kappa shape index (κ1) is 12.5. The van der Waals surface area contributed by atoms with Gasteiger partial charge in [0.25, 0.3) is 0 Å². The Kier molecular flexibility index (Phi) is 3.88.